The molecule has 0 spiro atoms. The first-order chi connectivity index (χ1) is 14.6. The van der Waals surface area contributed by atoms with Gasteiger partial charge in [0.25, 0.3) is 11.5 Å². The molecule has 0 bridgehead atoms. The number of hydrogen-bond donors (Lipinski definition) is 1. The fraction of sp³-hybridized carbons (Fsp3) is 0.0476. The number of nitrogens with one attached hydrogen (secondary N) is 1. The Balaban J connectivity index is 1.60. The molecule has 7 nitrogen and oxygen atoms in total. The van der Waals surface area contributed by atoms with Crippen molar-refractivity contribution in [1.82, 2.24) is 15.0 Å². The van der Waals surface area contributed by atoms with Crippen molar-refractivity contribution in [3.8, 4) is 5.69 Å². The van der Waals surface area contributed by atoms with Gasteiger partial charge in [0.05, 0.1) is 34.8 Å². The number of carbonyl (C=O) groups excluding carboxylic acids is 1. The molecular weight excluding hydrogens is 468 g/mol. The van der Waals surface area contributed by atoms with Crippen LogP contribution in [0.4, 0.5) is 0 Å². The lowest BCUT2D eigenvalue weighted by Gasteiger charge is -2.13. The predicted octanol–water partition coefficient (Wildman–Crippen LogP) is 3.98. The maximum Gasteiger partial charge on any atom is 0.266 e. The molecule has 4 aromatic rings. The molecule has 4 rings (SSSR count). The molecule has 1 amide bonds. The molecule has 0 aliphatic carbocycles. The number of furan rings is 1. The van der Waals surface area contributed by atoms with Crippen LogP contribution in [0.1, 0.15) is 5.76 Å². The first kappa shape index (κ1) is 20.1. The maximum atomic E-state index is 13.1. The first-order valence-corrected chi connectivity index (χ1v) is 10.7. The second-order valence-electron chi connectivity index (χ2n) is 6.13. The number of nitrogens with zero attached hydrogens (tertiary/aromatic N) is 3. The minimum absolute atomic E-state index is 0.0385. The Kier molecular flexibility index (Phi) is 6.10. The van der Waals surface area contributed by atoms with Crippen molar-refractivity contribution < 1.29 is 9.21 Å². The quantitative estimate of drug-likeness (QED) is 0.194. The zero-order chi connectivity index (χ0) is 20.9. The lowest BCUT2D eigenvalue weighted by Crippen LogP contribution is -2.24. The van der Waals surface area contributed by atoms with Crippen molar-refractivity contribution in [3.05, 3.63) is 87.5 Å². The molecule has 30 heavy (non-hydrogen) atoms. The van der Waals surface area contributed by atoms with Crippen LogP contribution in [-0.2, 0) is 4.79 Å². The maximum absolute atomic E-state index is 13.1. The van der Waals surface area contributed by atoms with Gasteiger partial charge in [-0.3, -0.25) is 14.2 Å². The summed E-state index contributed by atoms with van der Waals surface area (Å²) in [4.78, 5) is 29.9. The molecule has 0 fully saturated rings. The lowest BCUT2D eigenvalue weighted by molar-refractivity contribution is -0.118. The number of benzene rings is 2. The molecule has 0 saturated heterocycles. The SMILES string of the molecule is O=C(CSc1nc2ccccc2c(=O)n1-c1ccc(Br)cc1)N/N=C\c1ccco1. The van der Waals surface area contributed by atoms with Gasteiger partial charge in [-0.2, -0.15) is 5.10 Å². The lowest BCUT2D eigenvalue weighted by atomic mass is 10.2. The van der Waals surface area contributed by atoms with E-state index in [2.05, 4.69) is 31.4 Å². The predicted molar refractivity (Wildman–Crippen MR) is 120 cm³/mol. The van der Waals surface area contributed by atoms with E-state index in [1.54, 1.807) is 30.3 Å². The summed E-state index contributed by atoms with van der Waals surface area (Å²) in [5.74, 6) is 0.243. The normalized spacial score (nSPS) is 11.2. The topological polar surface area (TPSA) is 89.5 Å². The summed E-state index contributed by atoms with van der Waals surface area (Å²) in [5, 5.41) is 4.79. The molecule has 0 atom stereocenters. The van der Waals surface area contributed by atoms with Gasteiger partial charge >= 0.3 is 0 Å². The molecule has 1 N–H and O–H groups in total. The van der Waals surface area contributed by atoms with E-state index in [-0.39, 0.29) is 17.2 Å². The van der Waals surface area contributed by atoms with E-state index in [1.165, 1.54) is 17.0 Å². The smallest absolute Gasteiger partial charge is 0.266 e. The Morgan fingerprint density at radius 1 is 1.17 bits per heavy atom. The minimum Gasteiger partial charge on any atom is -0.463 e. The van der Waals surface area contributed by atoms with E-state index in [1.807, 2.05) is 30.3 Å². The summed E-state index contributed by atoms with van der Waals surface area (Å²) in [5.41, 5.74) is 3.49. The Morgan fingerprint density at radius 3 is 2.73 bits per heavy atom. The van der Waals surface area contributed by atoms with E-state index in [0.29, 0.717) is 27.5 Å². The van der Waals surface area contributed by atoms with Crippen molar-refractivity contribution in [2.75, 3.05) is 5.75 Å². The molecule has 0 aliphatic rings. The Hall–Kier alpha value is -3.17. The van der Waals surface area contributed by atoms with Gasteiger partial charge in [0.15, 0.2) is 5.16 Å². The summed E-state index contributed by atoms with van der Waals surface area (Å²) in [7, 11) is 0. The van der Waals surface area contributed by atoms with Gasteiger partial charge in [0, 0.05) is 4.47 Å². The van der Waals surface area contributed by atoms with Gasteiger partial charge in [-0.15, -0.1) is 0 Å². The van der Waals surface area contributed by atoms with Gasteiger partial charge in [0.2, 0.25) is 0 Å². The van der Waals surface area contributed by atoms with Gasteiger partial charge in [-0.25, -0.2) is 10.4 Å². The summed E-state index contributed by atoms with van der Waals surface area (Å²) >= 11 is 4.56. The van der Waals surface area contributed by atoms with Crippen molar-refractivity contribution in [1.29, 1.82) is 0 Å². The fourth-order valence-corrected chi connectivity index (χ4v) is 3.79. The number of fused-ring (bicyclic) bond motifs is 1. The number of rotatable bonds is 6. The van der Waals surface area contributed by atoms with Crippen LogP contribution in [0.5, 0.6) is 0 Å². The molecule has 0 unspecified atom stereocenters. The minimum atomic E-state index is -0.326. The summed E-state index contributed by atoms with van der Waals surface area (Å²) in [6, 6.07) is 17.9. The molecule has 9 heteroatoms. The number of aromatic nitrogens is 2. The summed E-state index contributed by atoms with van der Waals surface area (Å²) in [6.45, 7) is 0. The number of para-hydroxylation sites is 1. The molecule has 2 aromatic heterocycles. The van der Waals surface area contributed by atoms with Crippen molar-refractivity contribution >= 4 is 50.7 Å². The highest BCUT2D eigenvalue weighted by Gasteiger charge is 2.14. The third-order valence-corrected chi connectivity index (χ3v) is 5.55. The van der Waals surface area contributed by atoms with Gasteiger partial charge < -0.3 is 4.42 Å². The van der Waals surface area contributed by atoms with Gasteiger partial charge in [-0.1, -0.05) is 39.8 Å². The van der Waals surface area contributed by atoms with Crippen LogP contribution < -0.4 is 11.0 Å². The standard InChI is InChI=1S/C21H15BrN4O3S/c22-14-7-9-15(10-8-14)26-20(28)17-5-1-2-6-18(17)24-21(26)30-13-19(27)25-23-12-16-4-3-11-29-16/h1-12H,13H2,(H,25,27)/b23-12-. The Bertz CT molecular complexity index is 1270. The molecule has 0 aliphatic heterocycles. The van der Waals surface area contributed by atoms with E-state index in [9.17, 15) is 9.59 Å². The number of halogens is 1. The monoisotopic (exact) mass is 482 g/mol. The third kappa shape index (κ3) is 4.52. The molecule has 2 heterocycles. The zero-order valence-corrected chi connectivity index (χ0v) is 17.9. The van der Waals surface area contributed by atoms with Crippen molar-refractivity contribution in [2.24, 2.45) is 5.10 Å². The molecule has 2 aromatic carbocycles. The van der Waals surface area contributed by atoms with Crippen LogP contribution in [-0.4, -0.2) is 27.4 Å². The number of hydrazone groups is 1. The summed E-state index contributed by atoms with van der Waals surface area (Å²) in [6.07, 6.45) is 2.93. The number of thioether (sulfide) groups is 1. The Morgan fingerprint density at radius 2 is 1.97 bits per heavy atom. The highest BCUT2D eigenvalue weighted by atomic mass is 79.9. The van der Waals surface area contributed by atoms with E-state index >= 15 is 0 Å². The highest BCUT2D eigenvalue weighted by Crippen LogP contribution is 2.22. The number of carbonyl (C=O) groups is 1. The molecule has 150 valence electrons. The fourth-order valence-electron chi connectivity index (χ4n) is 2.72. The average Bonchev–Trinajstić information content (AvgIpc) is 3.27. The van der Waals surface area contributed by atoms with E-state index in [4.69, 9.17) is 4.42 Å². The van der Waals surface area contributed by atoms with Crippen LogP contribution in [0, 0.1) is 0 Å². The van der Waals surface area contributed by atoms with Crippen LogP contribution >= 0.6 is 27.7 Å². The molecular formula is C21H15BrN4O3S. The van der Waals surface area contributed by atoms with Crippen molar-refractivity contribution in [2.45, 2.75) is 5.16 Å². The number of amides is 1. The van der Waals surface area contributed by atoms with E-state index < -0.39 is 0 Å². The van der Waals surface area contributed by atoms with Crippen molar-refractivity contribution in [3.63, 3.8) is 0 Å². The highest BCUT2D eigenvalue weighted by molar-refractivity contribution is 9.10. The van der Waals surface area contributed by atoms with Crippen LogP contribution in [0.25, 0.3) is 16.6 Å². The second-order valence-corrected chi connectivity index (χ2v) is 7.98. The first-order valence-electron chi connectivity index (χ1n) is 8.88. The van der Waals surface area contributed by atoms with E-state index in [0.717, 1.165) is 16.2 Å². The molecule has 0 saturated carbocycles. The van der Waals surface area contributed by atoms with Gasteiger partial charge in [0.1, 0.15) is 5.76 Å². The summed E-state index contributed by atoms with van der Waals surface area (Å²) < 4.78 is 7.53. The average molecular weight is 483 g/mol. The van der Waals surface area contributed by atoms with Gasteiger partial charge in [-0.05, 0) is 48.5 Å². The van der Waals surface area contributed by atoms with Crippen LogP contribution in [0.3, 0.4) is 0 Å². The largest absolute Gasteiger partial charge is 0.463 e. The Labute approximate surface area is 183 Å². The van der Waals surface area contributed by atoms with Crippen LogP contribution in [0.15, 0.2) is 90.9 Å². The molecule has 0 radical (unpaired) electrons. The van der Waals surface area contributed by atoms with Crippen LogP contribution in [0.2, 0.25) is 0 Å². The third-order valence-electron chi connectivity index (χ3n) is 4.09. The number of hydrogen-bond acceptors (Lipinski definition) is 6. The zero-order valence-electron chi connectivity index (χ0n) is 15.5. The second kappa shape index (κ2) is 9.10.